The van der Waals surface area contributed by atoms with Crippen molar-refractivity contribution in [2.45, 2.75) is 46.2 Å². The highest BCUT2D eigenvalue weighted by molar-refractivity contribution is 7.59. The summed E-state index contributed by atoms with van der Waals surface area (Å²) in [6.07, 6.45) is 1.02. The van der Waals surface area contributed by atoms with Gasteiger partial charge >= 0.3 is 0 Å². The van der Waals surface area contributed by atoms with Crippen LogP contribution in [0.25, 0.3) is 0 Å². The lowest BCUT2D eigenvalue weighted by atomic mass is 10.3. The minimum absolute atomic E-state index is 0.00677. The first-order chi connectivity index (χ1) is 8.00. The normalized spacial score (nSPS) is 17.1. The molecule has 17 heavy (non-hydrogen) atoms. The van der Waals surface area contributed by atoms with Crippen molar-refractivity contribution in [3.8, 4) is 0 Å². The molecule has 0 spiro atoms. The van der Waals surface area contributed by atoms with Crippen LogP contribution < -0.4 is 5.73 Å². The molecule has 0 bridgehead atoms. The monoisotopic (exact) mass is 267 g/mol. The van der Waals surface area contributed by atoms with Crippen LogP contribution >= 0.6 is 7.37 Å². The predicted octanol–water partition coefficient (Wildman–Crippen LogP) is 2.39. The zero-order chi connectivity index (χ0) is 13.3. The third kappa shape index (κ3) is 6.53. The summed E-state index contributed by atoms with van der Waals surface area (Å²) in [6, 6.07) is -0.774. The van der Waals surface area contributed by atoms with E-state index < -0.39 is 13.4 Å². The summed E-state index contributed by atoms with van der Waals surface area (Å²) >= 11 is 0. The van der Waals surface area contributed by atoms with E-state index in [0.717, 1.165) is 0 Å². The lowest BCUT2D eigenvalue weighted by molar-refractivity contribution is -0.0888. The van der Waals surface area contributed by atoms with Crippen LogP contribution in [0.2, 0.25) is 0 Å². The Morgan fingerprint density at radius 3 is 2.00 bits per heavy atom. The van der Waals surface area contributed by atoms with Gasteiger partial charge in [0.15, 0.2) is 0 Å². The van der Waals surface area contributed by atoms with Gasteiger partial charge in [0.05, 0.1) is 6.61 Å². The first-order valence-electron chi connectivity index (χ1n) is 6.22. The van der Waals surface area contributed by atoms with E-state index in [0.29, 0.717) is 32.4 Å². The molecule has 0 radical (unpaired) electrons. The molecule has 0 heterocycles. The molecule has 5 nitrogen and oxygen atoms in total. The van der Waals surface area contributed by atoms with Crippen molar-refractivity contribution >= 4 is 7.37 Å². The van der Waals surface area contributed by atoms with Gasteiger partial charge < -0.3 is 19.7 Å². The summed E-state index contributed by atoms with van der Waals surface area (Å²) in [5.74, 6) is 0. The molecule has 0 saturated heterocycles. The van der Waals surface area contributed by atoms with E-state index in [9.17, 15) is 4.57 Å². The number of hydrogen-bond acceptors (Lipinski definition) is 5. The molecule has 0 aromatic rings. The highest BCUT2D eigenvalue weighted by Crippen LogP contribution is 2.53. The van der Waals surface area contributed by atoms with Gasteiger partial charge in [0.2, 0.25) is 6.03 Å². The van der Waals surface area contributed by atoms with E-state index in [-0.39, 0.29) is 6.04 Å². The van der Waals surface area contributed by atoms with Crippen LogP contribution in [-0.4, -0.2) is 38.1 Å². The zero-order valence-corrected chi connectivity index (χ0v) is 12.2. The lowest BCUT2D eigenvalue weighted by Crippen LogP contribution is -2.24. The van der Waals surface area contributed by atoms with E-state index in [1.165, 1.54) is 0 Å². The molecule has 6 heteroatoms. The molecule has 0 saturated carbocycles. The van der Waals surface area contributed by atoms with Crippen molar-refractivity contribution in [2.24, 2.45) is 5.73 Å². The molecule has 0 rings (SSSR count). The highest BCUT2D eigenvalue weighted by atomic mass is 31.2. The molecule has 104 valence electrons. The fourth-order valence-electron chi connectivity index (χ4n) is 1.39. The summed E-state index contributed by atoms with van der Waals surface area (Å²) in [5, 5.41) is 0. The van der Waals surface area contributed by atoms with Gasteiger partial charge in [-0.1, -0.05) is 0 Å². The summed E-state index contributed by atoms with van der Waals surface area (Å²) in [5.41, 5.74) is 5.69. The quantitative estimate of drug-likeness (QED) is 0.486. The summed E-state index contributed by atoms with van der Waals surface area (Å²) < 4.78 is 28.8. The third-order valence-corrected chi connectivity index (χ3v) is 4.70. The number of rotatable bonds is 10. The van der Waals surface area contributed by atoms with Gasteiger partial charge in [0.25, 0.3) is 7.37 Å². The lowest BCUT2D eigenvalue weighted by Gasteiger charge is -2.27. The molecule has 0 aliphatic carbocycles. The van der Waals surface area contributed by atoms with Crippen LogP contribution in [0.3, 0.4) is 0 Å². The Balaban J connectivity index is 4.66. The fraction of sp³-hybridized carbons (Fsp3) is 1.00. The molecule has 0 aliphatic rings. The Kier molecular flexibility index (Phi) is 9.10. The van der Waals surface area contributed by atoms with Crippen LogP contribution in [-0.2, 0) is 18.6 Å². The van der Waals surface area contributed by atoms with Gasteiger partial charge in [0.1, 0.15) is 0 Å². The van der Waals surface area contributed by atoms with Gasteiger partial charge in [-0.25, -0.2) is 0 Å². The van der Waals surface area contributed by atoms with Gasteiger partial charge in [-0.15, -0.1) is 0 Å². The van der Waals surface area contributed by atoms with Crippen molar-refractivity contribution < 1.29 is 18.6 Å². The van der Waals surface area contributed by atoms with Crippen molar-refractivity contribution in [2.75, 3.05) is 26.0 Å². The average Bonchev–Trinajstić information content (AvgIpc) is 2.26. The largest absolute Gasteiger partial charge is 0.345 e. The van der Waals surface area contributed by atoms with E-state index in [2.05, 4.69) is 0 Å². The molecular weight excluding hydrogens is 241 g/mol. The second-order valence-corrected chi connectivity index (χ2v) is 6.43. The smallest absolute Gasteiger partial charge is 0.257 e. The predicted molar refractivity (Wildman–Crippen MR) is 69.4 cm³/mol. The Labute approximate surface area is 104 Å². The fourth-order valence-corrected chi connectivity index (χ4v) is 3.81. The van der Waals surface area contributed by atoms with Crippen molar-refractivity contribution in [1.29, 1.82) is 0 Å². The molecular formula is C11H26NO4P. The van der Waals surface area contributed by atoms with Crippen LogP contribution in [0, 0.1) is 0 Å². The first-order valence-corrected chi connectivity index (χ1v) is 8.10. The SMILES string of the molecule is CCOC(OCC)P(=O)(CCC(C)N)OCC. The molecule has 2 unspecified atom stereocenters. The Morgan fingerprint density at radius 2 is 1.65 bits per heavy atom. The minimum atomic E-state index is -2.94. The number of hydrogen-bond donors (Lipinski definition) is 1. The molecule has 0 amide bonds. The zero-order valence-electron chi connectivity index (χ0n) is 11.3. The van der Waals surface area contributed by atoms with E-state index >= 15 is 0 Å². The molecule has 2 atom stereocenters. The summed E-state index contributed by atoms with van der Waals surface area (Å²) in [6.45, 7) is 8.65. The van der Waals surface area contributed by atoms with E-state index in [1.54, 1.807) is 0 Å². The maximum Gasteiger partial charge on any atom is 0.257 e. The first kappa shape index (κ1) is 17.1. The van der Waals surface area contributed by atoms with Crippen LogP contribution in [0.4, 0.5) is 0 Å². The molecule has 0 fully saturated rings. The van der Waals surface area contributed by atoms with Gasteiger partial charge in [-0.2, -0.15) is 0 Å². The van der Waals surface area contributed by atoms with Crippen LogP contribution in [0.15, 0.2) is 0 Å². The van der Waals surface area contributed by atoms with Crippen LogP contribution in [0.5, 0.6) is 0 Å². The van der Waals surface area contributed by atoms with Crippen LogP contribution in [0.1, 0.15) is 34.1 Å². The average molecular weight is 267 g/mol. The van der Waals surface area contributed by atoms with Gasteiger partial charge in [-0.3, -0.25) is 4.57 Å². The van der Waals surface area contributed by atoms with E-state index in [4.69, 9.17) is 19.7 Å². The molecule has 0 aromatic carbocycles. The topological polar surface area (TPSA) is 70.8 Å². The maximum absolute atomic E-state index is 12.7. The Hall–Kier alpha value is 0.0700. The molecule has 0 aliphatic heterocycles. The van der Waals surface area contributed by atoms with Crippen molar-refractivity contribution in [3.05, 3.63) is 0 Å². The minimum Gasteiger partial charge on any atom is -0.345 e. The standard InChI is InChI=1S/C11H26NO4P/c1-5-14-11(15-6-2)17(13,16-7-3)9-8-10(4)12/h10-11H,5-9,12H2,1-4H3. The van der Waals surface area contributed by atoms with Gasteiger partial charge in [-0.05, 0) is 34.1 Å². The molecule has 2 N–H and O–H groups in total. The Morgan fingerprint density at radius 1 is 1.12 bits per heavy atom. The summed E-state index contributed by atoms with van der Waals surface area (Å²) in [4.78, 5) is 0. The Bertz CT molecular complexity index is 230. The highest BCUT2D eigenvalue weighted by Gasteiger charge is 2.35. The van der Waals surface area contributed by atoms with Gasteiger partial charge in [0, 0.05) is 25.4 Å². The number of nitrogens with two attached hydrogens (primary N) is 1. The third-order valence-electron chi connectivity index (χ3n) is 2.18. The van der Waals surface area contributed by atoms with Crippen molar-refractivity contribution in [3.63, 3.8) is 0 Å². The number of ether oxygens (including phenoxy) is 2. The summed E-state index contributed by atoms with van der Waals surface area (Å²) in [7, 11) is -2.94. The second-order valence-electron chi connectivity index (χ2n) is 3.85. The maximum atomic E-state index is 12.7. The second kappa shape index (κ2) is 9.06. The molecule has 0 aromatic heterocycles. The van der Waals surface area contributed by atoms with Crippen molar-refractivity contribution in [1.82, 2.24) is 0 Å². The van der Waals surface area contributed by atoms with E-state index in [1.807, 2.05) is 27.7 Å².